The zero-order valence-corrected chi connectivity index (χ0v) is 14.1. The molecular weight excluding hydrogens is 321 g/mol. The number of anilines is 1. The summed E-state index contributed by atoms with van der Waals surface area (Å²) < 4.78 is 19.2. The van der Waals surface area contributed by atoms with Gasteiger partial charge in [-0.1, -0.05) is 6.07 Å². The summed E-state index contributed by atoms with van der Waals surface area (Å²) in [6.07, 6.45) is 1.79. The molecule has 5 nitrogen and oxygen atoms in total. The number of ether oxygens (including phenoxy) is 1. The van der Waals surface area contributed by atoms with Crippen molar-refractivity contribution in [2.75, 3.05) is 18.0 Å². The molecule has 1 aromatic carbocycles. The van der Waals surface area contributed by atoms with Crippen LogP contribution in [0.5, 0.6) is 5.75 Å². The van der Waals surface area contributed by atoms with E-state index in [0.29, 0.717) is 17.9 Å². The standard InChI is InChI=1S/C19H20FN3O2/c1-12-9-16-17(11-21-19(16)24)22-18(12)23-7-5-14(6-8-23)25-15-4-2-3-13(20)10-15/h2-4,9-10,14H,5-8,11H2,1H3,(H,21,24). The Morgan fingerprint density at radius 1 is 1.28 bits per heavy atom. The first kappa shape index (κ1) is 15.9. The van der Waals surface area contributed by atoms with Gasteiger partial charge in [0, 0.05) is 32.0 Å². The molecule has 1 fully saturated rings. The van der Waals surface area contributed by atoms with Crippen LogP contribution in [0.15, 0.2) is 30.3 Å². The van der Waals surface area contributed by atoms with Crippen molar-refractivity contribution in [3.05, 3.63) is 53.0 Å². The maximum atomic E-state index is 13.3. The van der Waals surface area contributed by atoms with E-state index >= 15 is 0 Å². The van der Waals surface area contributed by atoms with Crippen molar-refractivity contribution in [3.8, 4) is 5.75 Å². The summed E-state index contributed by atoms with van der Waals surface area (Å²) in [6, 6.07) is 8.20. The number of carbonyl (C=O) groups is 1. The van der Waals surface area contributed by atoms with Gasteiger partial charge in [-0.2, -0.15) is 0 Å². The molecule has 1 amide bonds. The molecular formula is C19H20FN3O2. The maximum absolute atomic E-state index is 13.3. The summed E-state index contributed by atoms with van der Waals surface area (Å²) in [6.45, 7) is 4.14. The lowest BCUT2D eigenvalue weighted by atomic mass is 10.1. The molecule has 0 bridgehead atoms. The van der Waals surface area contributed by atoms with Crippen LogP contribution in [0.1, 0.15) is 34.5 Å². The van der Waals surface area contributed by atoms with Crippen molar-refractivity contribution < 1.29 is 13.9 Å². The van der Waals surface area contributed by atoms with Gasteiger partial charge < -0.3 is 15.0 Å². The minimum absolute atomic E-state index is 0.0423. The number of nitrogens with one attached hydrogen (secondary N) is 1. The minimum Gasteiger partial charge on any atom is -0.490 e. The number of halogens is 1. The molecule has 0 aliphatic carbocycles. The molecule has 6 heteroatoms. The Bertz CT molecular complexity index is 816. The van der Waals surface area contributed by atoms with Crippen LogP contribution in [0.4, 0.5) is 10.2 Å². The molecule has 0 saturated carbocycles. The second kappa shape index (κ2) is 6.35. The summed E-state index contributed by atoms with van der Waals surface area (Å²) in [5.74, 6) is 1.20. The van der Waals surface area contributed by atoms with Gasteiger partial charge >= 0.3 is 0 Å². The van der Waals surface area contributed by atoms with Gasteiger partial charge in [0.15, 0.2) is 0 Å². The van der Waals surface area contributed by atoms with Gasteiger partial charge in [0.1, 0.15) is 23.5 Å². The van der Waals surface area contributed by atoms with Gasteiger partial charge in [-0.05, 0) is 30.7 Å². The van der Waals surface area contributed by atoms with Crippen molar-refractivity contribution in [2.45, 2.75) is 32.4 Å². The molecule has 0 spiro atoms. The largest absolute Gasteiger partial charge is 0.490 e. The zero-order chi connectivity index (χ0) is 17.4. The smallest absolute Gasteiger partial charge is 0.253 e. The number of aryl methyl sites for hydroxylation is 1. The first-order chi connectivity index (χ1) is 12.1. The van der Waals surface area contributed by atoms with E-state index in [-0.39, 0.29) is 17.8 Å². The number of carbonyl (C=O) groups excluding carboxylic acids is 1. The number of amides is 1. The summed E-state index contributed by atoms with van der Waals surface area (Å²) >= 11 is 0. The number of benzene rings is 1. The van der Waals surface area contributed by atoms with Crippen molar-refractivity contribution in [2.24, 2.45) is 0 Å². The lowest BCUT2D eigenvalue weighted by molar-refractivity contribution is 0.0965. The van der Waals surface area contributed by atoms with E-state index in [2.05, 4.69) is 10.2 Å². The van der Waals surface area contributed by atoms with Gasteiger partial charge in [0.2, 0.25) is 0 Å². The number of hydrogen-bond acceptors (Lipinski definition) is 4. The van der Waals surface area contributed by atoms with Gasteiger partial charge in [-0.3, -0.25) is 4.79 Å². The first-order valence-corrected chi connectivity index (χ1v) is 8.56. The molecule has 1 saturated heterocycles. The lowest BCUT2D eigenvalue weighted by Crippen LogP contribution is -2.39. The molecule has 1 N–H and O–H groups in total. The minimum atomic E-state index is -0.281. The monoisotopic (exact) mass is 341 g/mol. The molecule has 0 unspecified atom stereocenters. The van der Waals surface area contributed by atoms with Gasteiger partial charge in [0.25, 0.3) is 5.91 Å². The van der Waals surface area contributed by atoms with E-state index in [1.807, 2.05) is 13.0 Å². The normalized spacial score (nSPS) is 17.4. The Labute approximate surface area is 145 Å². The van der Waals surface area contributed by atoms with Crippen LogP contribution in [-0.2, 0) is 6.54 Å². The van der Waals surface area contributed by atoms with Gasteiger partial charge in [-0.25, -0.2) is 9.37 Å². The van der Waals surface area contributed by atoms with Crippen molar-refractivity contribution in [1.82, 2.24) is 10.3 Å². The summed E-state index contributed by atoms with van der Waals surface area (Å²) in [5, 5.41) is 2.81. The van der Waals surface area contributed by atoms with E-state index in [9.17, 15) is 9.18 Å². The zero-order valence-electron chi connectivity index (χ0n) is 14.1. The van der Waals surface area contributed by atoms with Crippen LogP contribution >= 0.6 is 0 Å². The third kappa shape index (κ3) is 3.16. The molecule has 0 atom stereocenters. The quantitative estimate of drug-likeness (QED) is 0.933. The second-order valence-electron chi connectivity index (χ2n) is 6.57. The second-order valence-corrected chi connectivity index (χ2v) is 6.57. The highest BCUT2D eigenvalue weighted by Crippen LogP contribution is 2.27. The van der Waals surface area contributed by atoms with E-state index in [1.54, 1.807) is 12.1 Å². The number of rotatable bonds is 3. The van der Waals surface area contributed by atoms with Crippen LogP contribution in [0.2, 0.25) is 0 Å². The van der Waals surface area contributed by atoms with Gasteiger partial charge in [0.05, 0.1) is 17.8 Å². The maximum Gasteiger partial charge on any atom is 0.253 e. The van der Waals surface area contributed by atoms with Crippen LogP contribution in [0, 0.1) is 12.7 Å². The third-order valence-electron chi connectivity index (χ3n) is 4.77. The fraction of sp³-hybridized carbons (Fsp3) is 0.368. The predicted molar refractivity (Wildman–Crippen MR) is 92.4 cm³/mol. The Morgan fingerprint density at radius 3 is 2.84 bits per heavy atom. The highest BCUT2D eigenvalue weighted by Gasteiger charge is 2.26. The summed E-state index contributed by atoms with van der Waals surface area (Å²) in [7, 11) is 0. The number of pyridine rings is 1. The molecule has 2 aliphatic rings. The summed E-state index contributed by atoms with van der Waals surface area (Å²) in [4.78, 5) is 18.7. The molecule has 2 aromatic rings. The third-order valence-corrected chi connectivity index (χ3v) is 4.77. The molecule has 2 aliphatic heterocycles. The number of fused-ring (bicyclic) bond motifs is 1. The van der Waals surface area contributed by atoms with Crippen LogP contribution in [0.3, 0.4) is 0 Å². The van der Waals surface area contributed by atoms with E-state index in [1.165, 1.54) is 12.1 Å². The Kier molecular flexibility index (Phi) is 4.03. The Hall–Kier alpha value is -2.63. The van der Waals surface area contributed by atoms with Crippen LogP contribution in [0.25, 0.3) is 0 Å². The van der Waals surface area contributed by atoms with Crippen molar-refractivity contribution in [3.63, 3.8) is 0 Å². The number of hydrogen-bond donors (Lipinski definition) is 1. The topological polar surface area (TPSA) is 54.5 Å². The first-order valence-electron chi connectivity index (χ1n) is 8.56. The van der Waals surface area contributed by atoms with E-state index in [4.69, 9.17) is 9.72 Å². The van der Waals surface area contributed by atoms with Crippen molar-refractivity contribution in [1.29, 1.82) is 0 Å². The van der Waals surface area contributed by atoms with Crippen LogP contribution in [-0.4, -0.2) is 30.1 Å². The average Bonchev–Trinajstić information content (AvgIpc) is 2.95. The lowest BCUT2D eigenvalue weighted by Gasteiger charge is -2.34. The molecule has 0 radical (unpaired) electrons. The SMILES string of the molecule is Cc1cc2c(nc1N1CCC(Oc3cccc(F)c3)CC1)CNC2=O. The molecule has 130 valence electrons. The number of piperidine rings is 1. The van der Waals surface area contributed by atoms with E-state index < -0.39 is 0 Å². The highest BCUT2D eigenvalue weighted by atomic mass is 19.1. The predicted octanol–water partition coefficient (Wildman–Crippen LogP) is 2.82. The van der Waals surface area contributed by atoms with Gasteiger partial charge in [-0.15, -0.1) is 0 Å². The number of nitrogens with zero attached hydrogens (tertiary/aromatic N) is 2. The molecule has 3 heterocycles. The Balaban J connectivity index is 1.43. The summed E-state index contributed by atoms with van der Waals surface area (Å²) in [5.41, 5.74) is 2.52. The van der Waals surface area contributed by atoms with Crippen molar-refractivity contribution >= 4 is 11.7 Å². The molecule has 25 heavy (non-hydrogen) atoms. The van der Waals surface area contributed by atoms with E-state index in [0.717, 1.165) is 43.0 Å². The fourth-order valence-corrected chi connectivity index (χ4v) is 3.47. The van der Waals surface area contributed by atoms with Crippen LogP contribution < -0.4 is 15.0 Å². The number of aromatic nitrogens is 1. The molecule has 1 aromatic heterocycles. The molecule has 4 rings (SSSR count). The average molecular weight is 341 g/mol. The fourth-order valence-electron chi connectivity index (χ4n) is 3.47. The highest BCUT2D eigenvalue weighted by molar-refractivity contribution is 5.98. The Morgan fingerprint density at radius 2 is 2.08 bits per heavy atom.